The van der Waals surface area contributed by atoms with Crippen LogP contribution in [0.1, 0.15) is 92.5 Å². The molecule has 0 radical (unpaired) electrons. The fourth-order valence-electron chi connectivity index (χ4n) is 6.69. The Morgan fingerprint density at radius 2 is 1.71 bits per heavy atom. The highest BCUT2D eigenvalue weighted by atomic mass is 32.1. The normalized spacial score (nSPS) is 21.6. The van der Waals surface area contributed by atoms with Crippen molar-refractivity contribution < 1.29 is 38.6 Å². The zero-order valence-electron chi connectivity index (χ0n) is 31.9. The van der Waals surface area contributed by atoms with Crippen molar-refractivity contribution in [2.24, 2.45) is 22.7 Å². The van der Waals surface area contributed by atoms with Crippen molar-refractivity contribution >= 4 is 47.0 Å². The summed E-state index contributed by atoms with van der Waals surface area (Å²) in [6, 6.07) is -0.336. The van der Waals surface area contributed by atoms with Crippen molar-refractivity contribution in [3.8, 4) is 0 Å². The van der Waals surface area contributed by atoms with Crippen LogP contribution in [0.5, 0.6) is 0 Å². The summed E-state index contributed by atoms with van der Waals surface area (Å²) in [7, 11) is 3.15. The van der Waals surface area contributed by atoms with Crippen LogP contribution in [-0.2, 0) is 28.7 Å². The Morgan fingerprint density at radius 3 is 2.24 bits per heavy atom. The van der Waals surface area contributed by atoms with Crippen LogP contribution in [0.4, 0.5) is 4.79 Å². The fraction of sp³-hybridized carbons (Fsp3) is 0.722. The maximum Gasteiger partial charge on any atom is 0.408 e. The molecule has 2 fully saturated rings. The van der Waals surface area contributed by atoms with Gasteiger partial charge in [-0.1, -0.05) is 60.5 Å². The minimum Gasteiger partial charge on any atom is -0.444 e. The summed E-state index contributed by atoms with van der Waals surface area (Å²) in [6.45, 7) is 16.5. The number of amides is 6. The highest BCUT2D eigenvalue weighted by Crippen LogP contribution is 2.65. The number of piperidine rings is 1. The monoisotopic (exact) mass is 734 g/mol. The first-order valence-electron chi connectivity index (χ1n) is 17.6. The van der Waals surface area contributed by atoms with Crippen LogP contribution < -0.4 is 21.3 Å². The molecule has 2 aliphatic rings. The lowest BCUT2D eigenvalue weighted by Crippen LogP contribution is -2.61. The lowest BCUT2D eigenvalue weighted by molar-refractivity contribution is -0.145. The highest BCUT2D eigenvalue weighted by Gasteiger charge is 2.70. The van der Waals surface area contributed by atoms with E-state index in [1.807, 2.05) is 41.5 Å². The van der Waals surface area contributed by atoms with Crippen molar-refractivity contribution in [3.05, 3.63) is 22.4 Å². The molecule has 1 aromatic rings. The number of hydrogen-bond acceptors (Lipinski definition) is 9. The first-order valence-corrected chi connectivity index (χ1v) is 18.5. The van der Waals surface area contributed by atoms with E-state index in [1.165, 1.54) is 21.1 Å². The smallest absolute Gasteiger partial charge is 0.408 e. The van der Waals surface area contributed by atoms with Crippen LogP contribution in [0.3, 0.4) is 0 Å². The number of carbonyl (C=O) groups excluding carboxylic acids is 6. The highest BCUT2D eigenvalue weighted by molar-refractivity contribution is 7.10. The van der Waals surface area contributed by atoms with Gasteiger partial charge in [0, 0.05) is 25.5 Å². The predicted octanol–water partition coefficient (Wildman–Crippen LogP) is 2.57. The Balaban J connectivity index is 1.75. The van der Waals surface area contributed by atoms with Crippen LogP contribution in [0.2, 0.25) is 0 Å². The van der Waals surface area contributed by atoms with Gasteiger partial charge in [0.25, 0.3) is 5.91 Å². The maximum absolute atomic E-state index is 14.2. The minimum atomic E-state index is -1.70. The van der Waals surface area contributed by atoms with Crippen LogP contribution in [0, 0.1) is 22.7 Å². The van der Waals surface area contributed by atoms with E-state index in [0.717, 1.165) is 6.42 Å². The van der Waals surface area contributed by atoms with Crippen LogP contribution >= 0.6 is 11.3 Å². The zero-order chi connectivity index (χ0) is 38.6. The van der Waals surface area contributed by atoms with Crippen molar-refractivity contribution in [3.63, 3.8) is 0 Å². The molecule has 2 unspecified atom stereocenters. The molecule has 1 aliphatic heterocycles. The van der Waals surface area contributed by atoms with E-state index in [2.05, 4.69) is 21.3 Å². The van der Waals surface area contributed by atoms with E-state index in [1.54, 1.807) is 52.4 Å². The molecule has 14 nitrogen and oxygen atoms in total. The topological polar surface area (TPSA) is 186 Å². The van der Waals surface area contributed by atoms with E-state index in [-0.39, 0.29) is 29.6 Å². The Hall–Kier alpha value is -3.72. The van der Waals surface area contributed by atoms with Gasteiger partial charge in [-0.2, -0.15) is 0 Å². The summed E-state index contributed by atoms with van der Waals surface area (Å²) in [5, 5.41) is 23.6. The third kappa shape index (κ3) is 10.4. The number of likely N-dealkylation sites (N-methyl/N-ethyl adjacent to an activating group) is 1. The number of ether oxygens (including phenoxy) is 1. The average Bonchev–Trinajstić information content (AvgIpc) is 3.46. The molecule has 1 saturated carbocycles. The van der Waals surface area contributed by atoms with Crippen molar-refractivity contribution in [2.75, 3.05) is 27.2 Å². The number of aliphatic hydroxyl groups is 1. The van der Waals surface area contributed by atoms with Gasteiger partial charge in [-0.15, -0.1) is 11.3 Å². The van der Waals surface area contributed by atoms with E-state index in [9.17, 15) is 33.9 Å². The SMILES string of the molecule is CCCCC(NC(=O)[C@@H]1[C@@H]2[C@H](CN1C(=O)[C@@H](NC(=O)OC(C)(C)C)C(C)(C)C)C2(C)C)C(O)C(=O)NCC(=O)N[C@H](C(=O)N(C)C)c1cccs1. The molecule has 1 aliphatic carbocycles. The molecule has 0 aromatic carbocycles. The number of nitrogens with zero attached hydrogens (tertiary/aromatic N) is 2. The van der Waals surface area contributed by atoms with Crippen molar-refractivity contribution in [2.45, 2.75) is 117 Å². The summed E-state index contributed by atoms with van der Waals surface area (Å²) in [4.78, 5) is 83.3. The first-order chi connectivity index (χ1) is 23.5. The molecule has 2 heterocycles. The fourth-order valence-corrected chi connectivity index (χ4v) is 7.46. The number of fused-ring (bicyclic) bond motifs is 1. The summed E-state index contributed by atoms with van der Waals surface area (Å²) in [5.41, 5.74) is -1.71. The van der Waals surface area contributed by atoms with Crippen molar-refractivity contribution in [1.82, 2.24) is 31.1 Å². The Morgan fingerprint density at radius 1 is 1.06 bits per heavy atom. The Bertz CT molecular complexity index is 1430. The molecule has 286 valence electrons. The molecule has 51 heavy (non-hydrogen) atoms. The third-order valence-electron chi connectivity index (χ3n) is 9.62. The van der Waals surface area contributed by atoms with Gasteiger partial charge < -0.3 is 40.9 Å². The second-order valence-electron chi connectivity index (χ2n) is 16.5. The molecular weight excluding hydrogens is 676 g/mol. The van der Waals surface area contributed by atoms with Gasteiger partial charge in [0.15, 0.2) is 6.10 Å². The molecule has 1 saturated heterocycles. The zero-order valence-corrected chi connectivity index (χ0v) is 32.7. The summed E-state index contributed by atoms with van der Waals surface area (Å²) in [5.74, 6) is -2.86. The van der Waals surface area contributed by atoms with Crippen LogP contribution in [0.25, 0.3) is 0 Å². The molecule has 6 amide bonds. The quantitative estimate of drug-likeness (QED) is 0.193. The molecule has 5 N–H and O–H groups in total. The molecule has 1 aromatic heterocycles. The first kappa shape index (κ1) is 41.7. The molecule has 15 heteroatoms. The lowest BCUT2D eigenvalue weighted by atomic mass is 9.85. The summed E-state index contributed by atoms with van der Waals surface area (Å²) >= 11 is 1.31. The van der Waals surface area contributed by atoms with E-state index in [0.29, 0.717) is 17.8 Å². The van der Waals surface area contributed by atoms with Crippen LogP contribution in [-0.4, -0.2) is 108 Å². The number of hydrogen-bond donors (Lipinski definition) is 5. The largest absolute Gasteiger partial charge is 0.444 e. The lowest BCUT2D eigenvalue weighted by Gasteiger charge is -2.38. The average molecular weight is 735 g/mol. The van der Waals surface area contributed by atoms with Crippen molar-refractivity contribution in [1.29, 1.82) is 0 Å². The molecule has 0 bridgehead atoms. The number of rotatable bonds is 14. The van der Waals surface area contributed by atoms with Crippen LogP contribution in [0.15, 0.2) is 17.5 Å². The third-order valence-corrected chi connectivity index (χ3v) is 10.6. The van der Waals surface area contributed by atoms with E-state index in [4.69, 9.17) is 4.74 Å². The van der Waals surface area contributed by atoms with Gasteiger partial charge in [0.05, 0.1) is 12.6 Å². The number of nitrogens with one attached hydrogen (secondary N) is 4. The number of likely N-dealkylation sites (tertiary alicyclic amines) is 1. The Kier molecular flexibility index (Phi) is 13.3. The standard InChI is InChI=1S/C36H58N6O8S/c1-12-13-15-21(27(44)30(46)37-18-23(43)39-25(31(47)41(10)11)22-16-14-17-51-22)38-29(45)26-24-20(36(24,8)9)19-42(26)32(48)28(34(2,3)4)40-33(49)50-35(5,6)7/h14,16-17,20-21,24-28,44H,12-13,15,18-19H2,1-11H3,(H,37,46)(H,38,45)(H,39,43)(H,40,49)/t20-,21?,24-,25-,26-,27?,28+/m0/s1. The maximum atomic E-state index is 14.2. The minimum absolute atomic E-state index is 0.0533. The number of unbranched alkanes of at least 4 members (excludes halogenated alkanes) is 1. The van der Waals surface area contributed by atoms with Gasteiger partial charge in [-0.25, -0.2) is 4.79 Å². The summed E-state index contributed by atoms with van der Waals surface area (Å²) < 4.78 is 5.44. The molecule has 3 rings (SSSR count). The number of aliphatic hydroxyl groups excluding tert-OH is 1. The van der Waals surface area contributed by atoms with Gasteiger partial charge >= 0.3 is 6.09 Å². The number of alkyl carbamates (subject to hydrolysis) is 1. The van der Waals surface area contributed by atoms with Gasteiger partial charge in [0.2, 0.25) is 23.6 Å². The van der Waals surface area contributed by atoms with Gasteiger partial charge in [0.1, 0.15) is 23.7 Å². The second-order valence-corrected chi connectivity index (χ2v) is 17.5. The van der Waals surface area contributed by atoms with E-state index < -0.39 is 77.6 Å². The second kappa shape index (κ2) is 16.3. The molecular formula is C36H58N6O8S. The number of carbonyl (C=O) groups is 6. The van der Waals surface area contributed by atoms with Gasteiger partial charge in [-0.3, -0.25) is 24.0 Å². The Labute approximate surface area is 305 Å². The summed E-state index contributed by atoms with van der Waals surface area (Å²) in [6.07, 6.45) is -0.863. The van der Waals surface area contributed by atoms with Gasteiger partial charge in [-0.05, 0) is 61.3 Å². The molecule has 7 atom stereocenters. The number of thiophene rings is 1. The van der Waals surface area contributed by atoms with E-state index >= 15 is 0 Å². The predicted molar refractivity (Wildman–Crippen MR) is 193 cm³/mol. The molecule has 0 spiro atoms.